The van der Waals surface area contributed by atoms with Crippen molar-refractivity contribution in [1.82, 2.24) is 29.4 Å². The second-order valence-electron chi connectivity index (χ2n) is 5.94. The lowest BCUT2D eigenvalue weighted by molar-refractivity contribution is -0.129. The summed E-state index contributed by atoms with van der Waals surface area (Å²) in [6.45, 7) is 4.77. The maximum atomic E-state index is 13.9. The topological polar surface area (TPSA) is 101 Å². The molecule has 28 heavy (non-hydrogen) atoms. The number of nitrogens with zero attached hydrogens (tertiary/aromatic N) is 6. The zero-order valence-corrected chi connectivity index (χ0v) is 16.6. The molecule has 150 valence electrons. The highest BCUT2D eigenvalue weighted by atomic mass is 32.2. The van der Waals surface area contributed by atoms with Crippen LogP contribution in [0.1, 0.15) is 0 Å². The lowest BCUT2D eigenvalue weighted by atomic mass is 10.3. The largest absolute Gasteiger partial charge is 0.339 e. The van der Waals surface area contributed by atoms with E-state index in [0.717, 1.165) is 6.07 Å². The molecule has 0 saturated carbocycles. The Hall–Kier alpha value is -2.31. The summed E-state index contributed by atoms with van der Waals surface area (Å²) in [6, 6.07) is 5.27. The Bertz CT molecular complexity index is 957. The predicted molar refractivity (Wildman–Crippen MR) is 100 cm³/mol. The van der Waals surface area contributed by atoms with Crippen molar-refractivity contribution in [1.29, 1.82) is 0 Å². The van der Waals surface area contributed by atoms with Gasteiger partial charge in [0.25, 0.3) is 0 Å². The predicted octanol–water partition coefficient (Wildman–Crippen LogP) is 0.623. The molecule has 0 N–H and O–H groups in total. The molecule has 0 bridgehead atoms. The molecule has 1 saturated heterocycles. The van der Waals surface area contributed by atoms with Gasteiger partial charge in [0, 0.05) is 26.2 Å². The highest BCUT2D eigenvalue weighted by molar-refractivity contribution is 7.99. The molecule has 0 spiro atoms. The molecule has 0 aliphatic carbocycles. The normalized spacial score (nSPS) is 15.5. The molecule has 1 aromatic heterocycles. The number of carbonyl (C=O) groups is 1. The number of hydrogen-bond donors (Lipinski definition) is 0. The monoisotopic (exact) mass is 426 g/mol. The summed E-state index contributed by atoms with van der Waals surface area (Å²) in [4.78, 5) is 13.7. The van der Waals surface area contributed by atoms with Crippen LogP contribution in [0.3, 0.4) is 0 Å². The first-order valence-electron chi connectivity index (χ1n) is 8.46. The minimum absolute atomic E-state index is 0.112. The molecule has 1 amide bonds. The molecule has 1 aromatic carbocycles. The summed E-state index contributed by atoms with van der Waals surface area (Å²) in [5.74, 6) is -0.784. The minimum Gasteiger partial charge on any atom is -0.339 e. The minimum atomic E-state index is -3.93. The summed E-state index contributed by atoms with van der Waals surface area (Å²) in [6.07, 6.45) is 1.65. The van der Waals surface area contributed by atoms with E-state index in [4.69, 9.17) is 0 Å². The van der Waals surface area contributed by atoms with E-state index in [-0.39, 0.29) is 42.7 Å². The SMILES string of the molecule is C=CCn1nnnc1SCC(=O)N1CCN(S(=O)(=O)c2ccccc2F)CC1. The van der Waals surface area contributed by atoms with Crippen molar-refractivity contribution < 1.29 is 17.6 Å². The second kappa shape index (κ2) is 8.80. The smallest absolute Gasteiger partial charge is 0.246 e. The fraction of sp³-hybridized carbons (Fsp3) is 0.375. The van der Waals surface area contributed by atoms with Gasteiger partial charge in [-0.25, -0.2) is 17.5 Å². The number of tetrazole rings is 1. The summed E-state index contributed by atoms with van der Waals surface area (Å²) in [7, 11) is -3.93. The zero-order valence-electron chi connectivity index (χ0n) is 14.9. The number of benzene rings is 1. The quantitative estimate of drug-likeness (QED) is 0.473. The third-order valence-electron chi connectivity index (χ3n) is 4.17. The number of aromatic nitrogens is 4. The van der Waals surface area contributed by atoms with E-state index >= 15 is 0 Å². The number of rotatable bonds is 7. The lowest BCUT2D eigenvalue weighted by Crippen LogP contribution is -2.51. The summed E-state index contributed by atoms with van der Waals surface area (Å²) in [5, 5.41) is 11.7. The van der Waals surface area contributed by atoms with Crippen LogP contribution in [0, 0.1) is 5.82 Å². The fourth-order valence-electron chi connectivity index (χ4n) is 2.73. The van der Waals surface area contributed by atoms with Gasteiger partial charge in [-0.05, 0) is 22.6 Å². The van der Waals surface area contributed by atoms with Crippen LogP contribution in [0.4, 0.5) is 4.39 Å². The van der Waals surface area contributed by atoms with E-state index in [9.17, 15) is 17.6 Å². The maximum Gasteiger partial charge on any atom is 0.246 e. The van der Waals surface area contributed by atoms with Crippen LogP contribution in [-0.2, 0) is 21.4 Å². The zero-order chi connectivity index (χ0) is 20.1. The Balaban J connectivity index is 1.56. The summed E-state index contributed by atoms with van der Waals surface area (Å²) in [5.41, 5.74) is 0. The Labute approximate surface area is 166 Å². The number of allylic oxidation sites excluding steroid dienone is 1. The van der Waals surface area contributed by atoms with E-state index in [0.29, 0.717) is 11.7 Å². The molecule has 2 heterocycles. The van der Waals surface area contributed by atoms with Crippen LogP contribution < -0.4 is 0 Å². The van der Waals surface area contributed by atoms with Gasteiger partial charge in [0.05, 0.1) is 12.3 Å². The first kappa shape index (κ1) is 20.4. The number of hydrogen-bond acceptors (Lipinski definition) is 7. The molecule has 9 nitrogen and oxygen atoms in total. The molecule has 1 fully saturated rings. The summed E-state index contributed by atoms with van der Waals surface area (Å²) < 4.78 is 41.8. The molecule has 1 aliphatic rings. The molecule has 0 radical (unpaired) electrons. The lowest BCUT2D eigenvalue weighted by Gasteiger charge is -2.34. The summed E-state index contributed by atoms with van der Waals surface area (Å²) >= 11 is 1.21. The number of piperazine rings is 1. The van der Waals surface area contributed by atoms with Crippen LogP contribution in [0.5, 0.6) is 0 Å². The average Bonchev–Trinajstić information content (AvgIpc) is 3.14. The van der Waals surface area contributed by atoms with Crippen molar-refractivity contribution in [3.8, 4) is 0 Å². The Kier molecular flexibility index (Phi) is 6.42. The van der Waals surface area contributed by atoms with Gasteiger partial charge in [-0.2, -0.15) is 4.31 Å². The van der Waals surface area contributed by atoms with Crippen LogP contribution >= 0.6 is 11.8 Å². The van der Waals surface area contributed by atoms with E-state index < -0.39 is 15.8 Å². The van der Waals surface area contributed by atoms with Crippen LogP contribution in [0.25, 0.3) is 0 Å². The van der Waals surface area contributed by atoms with E-state index in [1.807, 2.05) is 0 Å². The molecule has 0 unspecified atom stereocenters. The number of halogens is 1. The van der Waals surface area contributed by atoms with E-state index in [2.05, 4.69) is 22.1 Å². The molecular weight excluding hydrogens is 407 g/mol. The van der Waals surface area contributed by atoms with Crippen molar-refractivity contribution in [3.05, 3.63) is 42.7 Å². The van der Waals surface area contributed by atoms with Gasteiger partial charge >= 0.3 is 0 Å². The molecule has 1 aliphatic heterocycles. The average molecular weight is 426 g/mol. The van der Waals surface area contributed by atoms with Crippen molar-refractivity contribution in [3.63, 3.8) is 0 Å². The van der Waals surface area contributed by atoms with Gasteiger partial charge < -0.3 is 4.90 Å². The van der Waals surface area contributed by atoms with Gasteiger partial charge in [0.1, 0.15) is 10.7 Å². The molecule has 0 atom stereocenters. The standard InChI is InChI=1S/C16H19FN6O3S2/c1-2-7-23-16(18-19-20-23)27-12-15(24)21-8-10-22(11-9-21)28(25,26)14-6-4-3-5-13(14)17/h2-6H,1,7-12H2. The second-order valence-corrected chi connectivity index (χ2v) is 8.79. The third kappa shape index (κ3) is 4.39. The molecule has 3 rings (SSSR count). The number of amides is 1. The Morgan fingerprint density at radius 1 is 1.25 bits per heavy atom. The highest BCUT2D eigenvalue weighted by Crippen LogP contribution is 2.21. The molecule has 2 aromatic rings. The van der Waals surface area contributed by atoms with Gasteiger partial charge in [-0.1, -0.05) is 30.0 Å². The molecule has 12 heteroatoms. The molecular formula is C16H19FN6O3S2. The van der Waals surface area contributed by atoms with Crippen LogP contribution in [0.2, 0.25) is 0 Å². The van der Waals surface area contributed by atoms with E-state index in [1.54, 1.807) is 11.0 Å². The van der Waals surface area contributed by atoms with Crippen molar-refractivity contribution >= 4 is 27.7 Å². The van der Waals surface area contributed by atoms with Crippen molar-refractivity contribution in [2.75, 3.05) is 31.9 Å². The van der Waals surface area contributed by atoms with Crippen molar-refractivity contribution in [2.45, 2.75) is 16.6 Å². The van der Waals surface area contributed by atoms with Crippen molar-refractivity contribution in [2.24, 2.45) is 0 Å². The van der Waals surface area contributed by atoms with E-state index in [1.165, 1.54) is 38.9 Å². The Morgan fingerprint density at radius 2 is 1.96 bits per heavy atom. The number of thioether (sulfide) groups is 1. The highest BCUT2D eigenvalue weighted by Gasteiger charge is 2.31. The third-order valence-corrected chi connectivity index (χ3v) is 7.05. The Morgan fingerprint density at radius 3 is 2.64 bits per heavy atom. The first-order valence-corrected chi connectivity index (χ1v) is 10.9. The van der Waals surface area contributed by atoms with Crippen LogP contribution in [0.15, 0.2) is 47.0 Å². The van der Waals surface area contributed by atoms with Gasteiger partial charge in [0.15, 0.2) is 0 Å². The number of sulfonamides is 1. The van der Waals surface area contributed by atoms with Gasteiger partial charge in [0.2, 0.25) is 21.1 Å². The van der Waals surface area contributed by atoms with Gasteiger partial charge in [-0.15, -0.1) is 11.7 Å². The first-order chi connectivity index (χ1) is 13.4. The van der Waals surface area contributed by atoms with Gasteiger partial charge in [-0.3, -0.25) is 4.79 Å². The van der Waals surface area contributed by atoms with Crippen LogP contribution in [-0.4, -0.2) is 75.7 Å². The number of carbonyl (C=O) groups excluding carboxylic acids is 1. The fourth-order valence-corrected chi connectivity index (χ4v) is 5.00. The maximum absolute atomic E-state index is 13.9.